The fourth-order valence-corrected chi connectivity index (χ4v) is 4.57. The molecule has 2 aromatic heterocycles. The summed E-state index contributed by atoms with van der Waals surface area (Å²) in [5.74, 6) is 1.29. The van der Waals surface area contributed by atoms with Crippen LogP contribution in [0.2, 0.25) is 0 Å². The number of nitrogens with zero attached hydrogens (tertiary/aromatic N) is 1. The van der Waals surface area contributed by atoms with Crippen LogP contribution < -0.4 is 10.9 Å². The first kappa shape index (κ1) is 20.5. The molecule has 4 rings (SSSR count). The summed E-state index contributed by atoms with van der Waals surface area (Å²) in [6, 6.07) is 20.4. The van der Waals surface area contributed by atoms with Crippen molar-refractivity contribution in [2.45, 2.75) is 39.3 Å². The summed E-state index contributed by atoms with van der Waals surface area (Å²) in [6.45, 7) is 6.52. The van der Waals surface area contributed by atoms with Crippen molar-refractivity contribution in [3.8, 4) is 0 Å². The van der Waals surface area contributed by atoms with Crippen molar-refractivity contribution in [2.24, 2.45) is 5.92 Å². The summed E-state index contributed by atoms with van der Waals surface area (Å²) < 4.78 is 0. The van der Waals surface area contributed by atoms with Crippen molar-refractivity contribution in [1.82, 2.24) is 15.3 Å². The number of aromatic nitrogens is 2. The Morgan fingerprint density at radius 2 is 1.77 bits per heavy atom. The Bertz CT molecular complexity index is 1160. The Balaban J connectivity index is 1.63. The van der Waals surface area contributed by atoms with Gasteiger partial charge in [0.15, 0.2) is 0 Å². The normalized spacial score (nSPS) is 13.6. The van der Waals surface area contributed by atoms with E-state index in [1.807, 2.05) is 25.1 Å². The number of H-pyrrole nitrogens is 1. The van der Waals surface area contributed by atoms with E-state index in [4.69, 9.17) is 4.98 Å². The molecule has 0 bridgehead atoms. The molecule has 30 heavy (non-hydrogen) atoms. The van der Waals surface area contributed by atoms with Crippen molar-refractivity contribution in [3.05, 3.63) is 98.2 Å². The lowest BCUT2D eigenvalue weighted by Gasteiger charge is -2.23. The van der Waals surface area contributed by atoms with Crippen LogP contribution in [0.25, 0.3) is 10.9 Å². The van der Waals surface area contributed by atoms with E-state index in [1.54, 1.807) is 17.4 Å². The molecule has 0 unspecified atom stereocenters. The molecule has 0 spiro atoms. The van der Waals surface area contributed by atoms with Crippen molar-refractivity contribution in [1.29, 1.82) is 0 Å². The molecule has 0 amide bonds. The van der Waals surface area contributed by atoms with Gasteiger partial charge in [0.2, 0.25) is 0 Å². The van der Waals surface area contributed by atoms with E-state index >= 15 is 0 Å². The highest BCUT2D eigenvalue weighted by Crippen LogP contribution is 2.29. The minimum atomic E-state index is -0.121. The second kappa shape index (κ2) is 8.94. The number of para-hydroxylation sites is 1. The quantitative estimate of drug-likeness (QED) is 0.410. The maximum absolute atomic E-state index is 12.5. The average molecular weight is 418 g/mol. The van der Waals surface area contributed by atoms with Crippen molar-refractivity contribution < 1.29 is 0 Å². The second-order valence-corrected chi connectivity index (χ2v) is 9.12. The zero-order chi connectivity index (χ0) is 21.1. The number of rotatable bonds is 7. The molecular formula is C25H27N3OS. The van der Waals surface area contributed by atoms with Crippen molar-refractivity contribution in [3.63, 3.8) is 0 Å². The monoisotopic (exact) mass is 417 g/mol. The number of hydrogen-bond acceptors (Lipinski definition) is 4. The summed E-state index contributed by atoms with van der Waals surface area (Å²) in [4.78, 5) is 21.4. The van der Waals surface area contributed by atoms with Crippen LogP contribution in [-0.2, 0) is 6.42 Å². The van der Waals surface area contributed by atoms with Gasteiger partial charge in [-0.05, 0) is 54.0 Å². The zero-order valence-electron chi connectivity index (χ0n) is 17.6. The molecule has 0 saturated heterocycles. The highest BCUT2D eigenvalue weighted by atomic mass is 32.1. The van der Waals surface area contributed by atoms with Crippen LogP contribution in [0.15, 0.2) is 70.8 Å². The molecule has 2 aromatic carbocycles. The molecule has 5 heteroatoms. The van der Waals surface area contributed by atoms with E-state index < -0.39 is 0 Å². The Labute approximate surface area is 181 Å². The highest BCUT2D eigenvalue weighted by Gasteiger charge is 2.20. The van der Waals surface area contributed by atoms with Crippen molar-refractivity contribution in [2.75, 3.05) is 0 Å². The number of benzene rings is 2. The van der Waals surface area contributed by atoms with Gasteiger partial charge in [-0.1, -0.05) is 56.3 Å². The first-order valence-electron chi connectivity index (χ1n) is 10.4. The third kappa shape index (κ3) is 4.53. The van der Waals surface area contributed by atoms with Gasteiger partial charge in [0, 0.05) is 4.88 Å². The minimum absolute atomic E-state index is 0.0323. The molecule has 0 fully saturated rings. The molecular weight excluding hydrogens is 390 g/mol. The van der Waals surface area contributed by atoms with E-state index in [1.165, 1.54) is 16.0 Å². The maximum Gasteiger partial charge on any atom is 0.258 e. The Hall–Kier alpha value is -2.76. The lowest BCUT2D eigenvalue weighted by atomic mass is 9.98. The Morgan fingerprint density at radius 1 is 1.00 bits per heavy atom. The summed E-state index contributed by atoms with van der Waals surface area (Å²) in [6.07, 6.45) is 1.08. The van der Waals surface area contributed by atoms with E-state index in [-0.39, 0.29) is 17.6 Å². The van der Waals surface area contributed by atoms with Crippen LogP contribution in [0, 0.1) is 5.92 Å². The summed E-state index contributed by atoms with van der Waals surface area (Å²) in [5.41, 5.74) is 3.18. The predicted octanol–water partition coefficient (Wildman–Crippen LogP) is 5.62. The molecule has 154 valence electrons. The van der Waals surface area contributed by atoms with Gasteiger partial charge in [-0.15, -0.1) is 11.3 Å². The molecule has 2 atom stereocenters. The lowest BCUT2D eigenvalue weighted by Crippen LogP contribution is -2.28. The number of fused-ring (bicyclic) bond motifs is 1. The van der Waals surface area contributed by atoms with Gasteiger partial charge >= 0.3 is 0 Å². The van der Waals surface area contributed by atoms with E-state index in [0.29, 0.717) is 17.1 Å². The van der Waals surface area contributed by atoms with Gasteiger partial charge in [-0.3, -0.25) is 10.1 Å². The molecule has 0 aliphatic heterocycles. The SMILES string of the molecule is CC(C)Cc1ccc([C@@H](N[C@H](C)c2nc3ccccc3c(=O)[nH]2)c2cccs2)cc1. The standard InChI is InChI=1S/C25H27N3OS/c1-16(2)15-18-10-12-19(13-11-18)23(22-9-6-14-30-22)26-17(3)24-27-21-8-5-4-7-20(21)25(29)28-24/h4-14,16-17,23,26H,15H2,1-3H3,(H,27,28,29)/t17-,23-/m1/s1. The van der Waals surface area contributed by atoms with Crippen LogP contribution in [0.4, 0.5) is 0 Å². The predicted molar refractivity (Wildman–Crippen MR) is 125 cm³/mol. The van der Waals surface area contributed by atoms with Gasteiger partial charge in [0.25, 0.3) is 5.56 Å². The van der Waals surface area contributed by atoms with Gasteiger partial charge in [0.05, 0.1) is 23.0 Å². The molecule has 4 nitrogen and oxygen atoms in total. The molecule has 0 aliphatic rings. The fourth-order valence-electron chi connectivity index (χ4n) is 3.75. The summed E-state index contributed by atoms with van der Waals surface area (Å²) >= 11 is 1.73. The minimum Gasteiger partial charge on any atom is -0.309 e. The highest BCUT2D eigenvalue weighted by molar-refractivity contribution is 7.10. The Kier molecular flexibility index (Phi) is 6.11. The van der Waals surface area contributed by atoms with Crippen molar-refractivity contribution >= 4 is 22.2 Å². The van der Waals surface area contributed by atoms with Crippen LogP contribution in [-0.4, -0.2) is 9.97 Å². The molecule has 2 heterocycles. The number of aromatic amines is 1. The van der Waals surface area contributed by atoms with Crippen LogP contribution in [0.5, 0.6) is 0 Å². The second-order valence-electron chi connectivity index (χ2n) is 8.14. The molecule has 0 radical (unpaired) electrons. The molecule has 2 N–H and O–H groups in total. The third-order valence-corrected chi connectivity index (χ3v) is 6.18. The summed E-state index contributed by atoms with van der Waals surface area (Å²) in [5, 5.41) is 6.39. The maximum atomic E-state index is 12.5. The van der Waals surface area contributed by atoms with E-state index in [9.17, 15) is 4.79 Å². The first-order chi connectivity index (χ1) is 14.5. The number of thiophene rings is 1. The van der Waals surface area contributed by atoms with Gasteiger partial charge in [0.1, 0.15) is 5.82 Å². The third-order valence-electron chi connectivity index (χ3n) is 5.24. The largest absolute Gasteiger partial charge is 0.309 e. The van der Waals surface area contributed by atoms with Crippen LogP contribution in [0.1, 0.15) is 54.7 Å². The number of nitrogens with one attached hydrogen (secondary N) is 2. The lowest BCUT2D eigenvalue weighted by molar-refractivity contribution is 0.500. The van der Waals surface area contributed by atoms with E-state index in [2.05, 4.69) is 65.9 Å². The molecule has 0 saturated carbocycles. The van der Waals surface area contributed by atoms with Gasteiger partial charge in [-0.25, -0.2) is 4.98 Å². The average Bonchev–Trinajstić information content (AvgIpc) is 3.27. The van der Waals surface area contributed by atoms with Crippen LogP contribution >= 0.6 is 11.3 Å². The van der Waals surface area contributed by atoms with E-state index in [0.717, 1.165) is 11.9 Å². The fraction of sp³-hybridized carbons (Fsp3) is 0.280. The van der Waals surface area contributed by atoms with Gasteiger partial charge in [-0.2, -0.15) is 0 Å². The molecule has 4 aromatic rings. The summed E-state index contributed by atoms with van der Waals surface area (Å²) in [7, 11) is 0. The smallest absolute Gasteiger partial charge is 0.258 e. The molecule has 0 aliphatic carbocycles. The first-order valence-corrected chi connectivity index (χ1v) is 11.3. The van der Waals surface area contributed by atoms with Gasteiger partial charge < -0.3 is 4.98 Å². The number of hydrogen-bond donors (Lipinski definition) is 2. The Morgan fingerprint density at radius 3 is 2.47 bits per heavy atom. The topological polar surface area (TPSA) is 57.8 Å². The zero-order valence-corrected chi connectivity index (χ0v) is 18.4. The van der Waals surface area contributed by atoms with Crippen LogP contribution in [0.3, 0.4) is 0 Å².